The Balaban J connectivity index is 2.02. The van der Waals surface area contributed by atoms with Crippen LogP contribution in [0.25, 0.3) is 0 Å². The molecule has 0 aliphatic carbocycles. The Morgan fingerprint density at radius 1 is 0.933 bits per heavy atom. The number of hydrogen-bond acceptors (Lipinski definition) is 8. The van der Waals surface area contributed by atoms with Gasteiger partial charge in [-0.2, -0.15) is 5.10 Å². The smallest absolute Gasteiger partial charge is 0.287 e. The highest BCUT2D eigenvalue weighted by atomic mass is 16.6. The molecule has 10 heteroatoms. The van der Waals surface area contributed by atoms with Gasteiger partial charge >= 0.3 is 0 Å². The van der Waals surface area contributed by atoms with E-state index in [1.807, 2.05) is 18.2 Å². The summed E-state index contributed by atoms with van der Waals surface area (Å²) in [6.45, 7) is 0. The SMILES string of the molecule is COc1ccc(Nc2cc([N+](=O)[O-])cc([N+](=O)[O-])c2C=NNc2ccccc2)cc1. The van der Waals surface area contributed by atoms with Gasteiger partial charge < -0.3 is 10.1 Å². The van der Waals surface area contributed by atoms with Gasteiger partial charge in [0.2, 0.25) is 0 Å². The summed E-state index contributed by atoms with van der Waals surface area (Å²) in [6.07, 6.45) is 1.25. The Hall–Kier alpha value is -4.47. The number of non-ortho nitro benzene ring substituents is 1. The highest BCUT2D eigenvalue weighted by molar-refractivity contribution is 5.95. The van der Waals surface area contributed by atoms with Crippen LogP contribution in [0.5, 0.6) is 5.75 Å². The zero-order valence-corrected chi connectivity index (χ0v) is 15.8. The van der Waals surface area contributed by atoms with Crippen LogP contribution in [0, 0.1) is 20.2 Å². The molecule has 30 heavy (non-hydrogen) atoms. The van der Waals surface area contributed by atoms with Crippen molar-refractivity contribution in [3.05, 3.63) is 92.5 Å². The maximum Gasteiger partial charge on any atom is 0.287 e. The summed E-state index contributed by atoms with van der Waals surface area (Å²) in [5.41, 5.74) is 3.42. The number of anilines is 3. The molecule has 0 fully saturated rings. The average Bonchev–Trinajstić information content (AvgIpc) is 2.75. The number of rotatable bonds is 8. The van der Waals surface area contributed by atoms with Gasteiger partial charge in [-0.15, -0.1) is 0 Å². The Morgan fingerprint density at radius 3 is 2.23 bits per heavy atom. The number of nitrogens with zero attached hydrogens (tertiary/aromatic N) is 3. The molecule has 3 aromatic rings. The Labute approximate surface area is 171 Å². The lowest BCUT2D eigenvalue weighted by Gasteiger charge is -2.11. The van der Waals surface area contributed by atoms with Crippen molar-refractivity contribution >= 4 is 34.7 Å². The third-order valence-corrected chi connectivity index (χ3v) is 4.08. The summed E-state index contributed by atoms with van der Waals surface area (Å²) in [6, 6.07) is 17.9. The molecule has 0 unspecified atom stereocenters. The highest BCUT2D eigenvalue weighted by Gasteiger charge is 2.23. The third kappa shape index (κ3) is 4.87. The van der Waals surface area contributed by atoms with E-state index < -0.39 is 21.2 Å². The quantitative estimate of drug-likeness (QED) is 0.314. The Morgan fingerprint density at radius 2 is 1.63 bits per heavy atom. The first-order valence-corrected chi connectivity index (χ1v) is 8.70. The van der Waals surface area contributed by atoms with Gasteiger partial charge in [-0.05, 0) is 36.4 Å². The lowest BCUT2D eigenvalue weighted by Crippen LogP contribution is -2.04. The largest absolute Gasteiger partial charge is 0.497 e. The number of para-hydroxylation sites is 1. The number of hydrogen-bond donors (Lipinski definition) is 2. The van der Waals surface area contributed by atoms with E-state index in [0.29, 0.717) is 17.1 Å². The fraction of sp³-hybridized carbons (Fsp3) is 0.0500. The van der Waals surface area contributed by atoms with Gasteiger partial charge in [0.05, 0.1) is 46.2 Å². The molecular weight excluding hydrogens is 390 g/mol. The average molecular weight is 407 g/mol. The molecule has 2 N–H and O–H groups in total. The Kier molecular flexibility index (Phi) is 6.18. The van der Waals surface area contributed by atoms with E-state index in [1.54, 1.807) is 36.4 Å². The van der Waals surface area contributed by atoms with Crippen molar-refractivity contribution < 1.29 is 14.6 Å². The van der Waals surface area contributed by atoms with Gasteiger partial charge in [0.1, 0.15) is 5.75 Å². The first-order chi connectivity index (χ1) is 14.5. The lowest BCUT2D eigenvalue weighted by atomic mass is 10.1. The molecule has 3 aromatic carbocycles. The molecule has 0 radical (unpaired) electrons. The number of nitrogens with one attached hydrogen (secondary N) is 2. The second kappa shape index (κ2) is 9.15. The van der Waals surface area contributed by atoms with E-state index in [0.717, 1.165) is 6.07 Å². The molecule has 152 valence electrons. The van der Waals surface area contributed by atoms with Crippen molar-refractivity contribution in [2.24, 2.45) is 5.10 Å². The second-order valence-corrected chi connectivity index (χ2v) is 6.03. The van der Waals surface area contributed by atoms with E-state index in [2.05, 4.69) is 15.8 Å². The summed E-state index contributed by atoms with van der Waals surface area (Å²) in [5, 5.41) is 29.9. The van der Waals surface area contributed by atoms with Crippen molar-refractivity contribution in [2.75, 3.05) is 17.9 Å². The third-order valence-electron chi connectivity index (χ3n) is 4.08. The first-order valence-electron chi connectivity index (χ1n) is 8.70. The predicted octanol–water partition coefficient (Wildman–Crippen LogP) is 4.70. The number of methoxy groups -OCH3 is 1. The van der Waals surface area contributed by atoms with Gasteiger partial charge in [0, 0.05) is 11.8 Å². The van der Waals surface area contributed by atoms with Crippen LogP contribution < -0.4 is 15.5 Å². The molecule has 0 atom stereocenters. The zero-order chi connectivity index (χ0) is 21.5. The second-order valence-electron chi connectivity index (χ2n) is 6.03. The molecule has 0 spiro atoms. The van der Waals surface area contributed by atoms with Crippen LogP contribution in [-0.4, -0.2) is 23.2 Å². The summed E-state index contributed by atoms with van der Waals surface area (Å²) in [4.78, 5) is 21.5. The van der Waals surface area contributed by atoms with Crippen LogP contribution in [-0.2, 0) is 0 Å². The van der Waals surface area contributed by atoms with Crippen molar-refractivity contribution in [2.45, 2.75) is 0 Å². The van der Waals surface area contributed by atoms with E-state index in [9.17, 15) is 20.2 Å². The number of hydrazone groups is 1. The van der Waals surface area contributed by atoms with Crippen LogP contribution in [0.4, 0.5) is 28.4 Å². The maximum atomic E-state index is 11.6. The monoisotopic (exact) mass is 407 g/mol. The summed E-state index contributed by atoms with van der Waals surface area (Å²) in [7, 11) is 1.53. The highest BCUT2D eigenvalue weighted by Crippen LogP contribution is 2.33. The summed E-state index contributed by atoms with van der Waals surface area (Å²) in [5.74, 6) is 0.624. The molecule has 10 nitrogen and oxygen atoms in total. The maximum absolute atomic E-state index is 11.6. The topological polar surface area (TPSA) is 132 Å². The van der Waals surface area contributed by atoms with Gasteiger partial charge in [-0.25, -0.2) is 0 Å². The van der Waals surface area contributed by atoms with Gasteiger partial charge in [0.15, 0.2) is 0 Å². The molecule has 0 heterocycles. The van der Waals surface area contributed by atoms with E-state index in [-0.39, 0.29) is 11.3 Å². The van der Waals surface area contributed by atoms with E-state index in [4.69, 9.17) is 4.74 Å². The summed E-state index contributed by atoms with van der Waals surface area (Å²) >= 11 is 0. The standard InChI is InChI=1S/C20H17N5O5/c1-30-17-9-7-14(8-10-17)22-19-11-16(24(26)27)12-20(25(28)29)18(19)13-21-23-15-5-3-2-4-6-15/h2-13,22-23H,1H3. The lowest BCUT2D eigenvalue weighted by molar-refractivity contribution is -0.394. The van der Waals surface area contributed by atoms with Crippen molar-refractivity contribution in [1.29, 1.82) is 0 Å². The number of benzene rings is 3. The molecule has 0 aliphatic heterocycles. The number of ether oxygens (including phenoxy) is 1. The molecule has 0 saturated carbocycles. The van der Waals surface area contributed by atoms with Gasteiger partial charge in [-0.3, -0.25) is 25.7 Å². The fourth-order valence-electron chi connectivity index (χ4n) is 2.63. The van der Waals surface area contributed by atoms with Crippen molar-refractivity contribution in [3.8, 4) is 5.75 Å². The fourth-order valence-corrected chi connectivity index (χ4v) is 2.63. The minimum atomic E-state index is -0.685. The Bertz CT molecular complexity index is 1080. The predicted molar refractivity (Wildman–Crippen MR) is 114 cm³/mol. The van der Waals surface area contributed by atoms with E-state index in [1.165, 1.54) is 19.4 Å². The molecule has 0 amide bonds. The molecular formula is C20H17N5O5. The van der Waals surface area contributed by atoms with Gasteiger partial charge in [0.25, 0.3) is 11.4 Å². The molecule has 3 rings (SSSR count). The van der Waals surface area contributed by atoms with Crippen LogP contribution in [0.15, 0.2) is 71.8 Å². The van der Waals surface area contributed by atoms with Crippen molar-refractivity contribution in [3.63, 3.8) is 0 Å². The molecule has 0 aliphatic rings. The van der Waals surface area contributed by atoms with Crippen LogP contribution in [0.1, 0.15) is 5.56 Å². The van der Waals surface area contributed by atoms with Gasteiger partial charge in [-0.1, -0.05) is 18.2 Å². The number of nitro benzene ring substituents is 2. The zero-order valence-electron chi connectivity index (χ0n) is 15.8. The van der Waals surface area contributed by atoms with E-state index >= 15 is 0 Å². The molecule has 0 bridgehead atoms. The minimum absolute atomic E-state index is 0.0878. The molecule has 0 aromatic heterocycles. The van der Waals surface area contributed by atoms with Crippen LogP contribution in [0.3, 0.4) is 0 Å². The van der Waals surface area contributed by atoms with Crippen molar-refractivity contribution in [1.82, 2.24) is 0 Å². The number of nitro groups is 2. The minimum Gasteiger partial charge on any atom is -0.497 e. The van der Waals surface area contributed by atoms with Crippen LogP contribution in [0.2, 0.25) is 0 Å². The normalized spacial score (nSPS) is 10.6. The summed E-state index contributed by atoms with van der Waals surface area (Å²) < 4.78 is 5.10. The van der Waals surface area contributed by atoms with Crippen LogP contribution >= 0.6 is 0 Å². The first kappa shape index (κ1) is 20.3. The molecule has 0 saturated heterocycles.